The lowest BCUT2D eigenvalue weighted by Crippen LogP contribution is -2.49. The van der Waals surface area contributed by atoms with Crippen LogP contribution in [-0.4, -0.2) is 28.6 Å². The first-order valence-electron chi connectivity index (χ1n) is 7.73. The number of likely N-dealkylation sites (tertiary alicyclic amines) is 1. The lowest BCUT2D eigenvalue weighted by atomic mass is 9.88. The average Bonchev–Trinajstić information content (AvgIpc) is 2.74. The summed E-state index contributed by atoms with van der Waals surface area (Å²) in [7, 11) is 0. The van der Waals surface area contributed by atoms with E-state index in [-0.39, 0.29) is 11.1 Å². The van der Waals surface area contributed by atoms with Crippen molar-refractivity contribution in [2.75, 3.05) is 13.1 Å². The Kier molecular flexibility index (Phi) is 4.99. The van der Waals surface area contributed by atoms with Gasteiger partial charge in [-0.05, 0) is 52.3 Å². The number of halogens is 2. The van der Waals surface area contributed by atoms with Crippen molar-refractivity contribution in [1.82, 2.24) is 4.90 Å². The Balaban J connectivity index is 2.28. The fourth-order valence-corrected chi connectivity index (χ4v) is 3.07. The van der Waals surface area contributed by atoms with E-state index in [1.165, 1.54) is 31.9 Å². The number of aliphatic hydroxyl groups excluding tert-OH is 1. The molecule has 1 heterocycles. The van der Waals surface area contributed by atoms with Crippen molar-refractivity contribution in [2.45, 2.75) is 58.1 Å². The number of benzene rings is 1. The van der Waals surface area contributed by atoms with Gasteiger partial charge in [0.05, 0.1) is 6.10 Å². The van der Waals surface area contributed by atoms with E-state index in [4.69, 9.17) is 0 Å². The second kappa shape index (κ2) is 6.41. The Morgan fingerprint density at radius 1 is 1.05 bits per heavy atom. The fraction of sp³-hybridized carbons (Fsp3) is 0.647. The van der Waals surface area contributed by atoms with Gasteiger partial charge in [0.15, 0.2) is 11.6 Å². The summed E-state index contributed by atoms with van der Waals surface area (Å²) in [6.45, 7) is 7.11. The van der Waals surface area contributed by atoms with Gasteiger partial charge in [-0.25, -0.2) is 8.78 Å². The molecule has 0 amide bonds. The number of rotatable bonds is 3. The van der Waals surface area contributed by atoms with E-state index < -0.39 is 23.3 Å². The topological polar surface area (TPSA) is 23.5 Å². The van der Waals surface area contributed by atoms with Gasteiger partial charge in [0.1, 0.15) is 0 Å². The summed E-state index contributed by atoms with van der Waals surface area (Å²) in [6.07, 6.45) is 3.50. The second-order valence-electron chi connectivity index (χ2n) is 6.56. The molecule has 118 valence electrons. The predicted molar refractivity (Wildman–Crippen MR) is 80.2 cm³/mol. The summed E-state index contributed by atoms with van der Waals surface area (Å²) >= 11 is 0. The van der Waals surface area contributed by atoms with Gasteiger partial charge in [-0.1, -0.05) is 25.0 Å². The van der Waals surface area contributed by atoms with Crippen LogP contribution < -0.4 is 0 Å². The summed E-state index contributed by atoms with van der Waals surface area (Å²) < 4.78 is 27.9. The minimum absolute atomic E-state index is 0.0485. The van der Waals surface area contributed by atoms with Gasteiger partial charge in [-0.3, -0.25) is 4.90 Å². The molecular formula is C17H25F2NO. The zero-order valence-electron chi connectivity index (χ0n) is 13.1. The number of aliphatic hydroxyl groups is 1. The second-order valence-corrected chi connectivity index (χ2v) is 6.56. The van der Waals surface area contributed by atoms with Crippen LogP contribution in [0.5, 0.6) is 0 Å². The minimum Gasteiger partial charge on any atom is -0.386 e. The number of nitrogens with zero attached hydrogens (tertiary/aromatic N) is 1. The quantitative estimate of drug-likeness (QED) is 0.913. The summed E-state index contributed by atoms with van der Waals surface area (Å²) in [5.41, 5.74) is -0.309. The van der Waals surface area contributed by atoms with Crippen LogP contribution in [0.15, 0.2) is 12.1 Å². The molecule has 1 aliphatic heterocycles. The van der Waals surface area contributed by atoms with E-state index in [1.807, 2.05) is 13.8 Å². The molecule has 21 heavy (non-hydrogen) atoms. The molecule has 1 N–H and O–H groups in total. The molecule has 1 saturated heterocycles. The summed E-state index contributed by atoms with van der Waals surface area (Å²) in [6, 6.07) is 3.02. The molecule has 2 rings (SSSR count). The molecule has 0 saturated carbocycles. The molecule has 1 unspecified atom stereocenters. The normalized spacial score (nSPS) is 19.3. The largest absolute Gasteiger partial charge is 0.386 e. The number of hydrogen-bond donors (Lipinski definition) is 1. The molecular weight excluding hydrogens is 272 g/mol. The fourth-order valence-electron chi connectivity index (χ4n) is 3.07. The van der Waals surface area contributed by atoms with Gasteiger partial charge >= 0.3 is 0 Å². The van der Waals surface area contributed by atoms with Crippen molar-refractivity contribution in [1.29, 1.82) is 0 Å². The van der Waals surface area contributed by atoms with Crippen molar-refractivity contribution in [2.24, 2.45) is 0 Å². The summed E-state index contributed by atoms with van der Waals surface area (Å²) in [5.74, 6) is -1.79. The molecule has 1 atom stereocenters. The highest BCUT2D eigenvalue weighted by molar-refractivity contribution is 5.28. The van der Waals surface area contributed by atoms with Crippen LogP contribution in [0.3, 0.4) is 0 Å². The van der Waals surface area contributed by atoms with Crippen molar-refractivity contribution >= 4 is 0 Å². The molecule has 0 spiro atoms. The first-order chi connectivity index (χ1) is 9.85. The van der Waals surface area contributed by atoms with E-state index in [2.05, 4.69) is 4.90 Å². The SMILES string of the molecule is Cc1ccc(C(O)C(C)(C)N2CCCCCC2)c(F)c1F. The summed E-state index contributed by atoms with van der Waals surface area (Å²) in [4.78, 5) is 2.20. The summed E-state index contributed by atoms with van der Waals surface area (Å²) in [5, 5.41) is 10.6. The van der Waals surface area contributed by atoms with Gasteiger partial charge in [0.25, 0.3) is 0 Å². The van der Waals surface area contributed by atoms with Gasteiger partial charge in [0.2, 0.25) is 0 Å². The van der Waals surface area contributed by atoms with Crippen LogP contribution in [0.4, 0.5) is 8.78 Å². The zero-order chi connectivity index (χ0) is 15.6. The minimum atomic E-state index is -1.05. The predicted octanol–water partition coefficient (Wildman–Crippen LogP) is 3.96. The molecule has 0 aromatic heterocycles. The van der Waals surface area contributed by atoms with Crippen molar-refractivity contribution in [3.63, 3.8) is 0 Å². The Morgan fingerprint density at radius 2 is 1.62 bits per heavy atom. The molecule has 4 heteroatoms. The Hall–Kier alpha value is -1.00. The molecule has 2 nitrogen and oxygen atoms in total. The molecule has 1 aliphatic rings. The van der Waals surface area contributed by atoms with Crippen LogP contribution in [-0.2, 0) is 0 Å². The van der Waals surface area contributed by atoms with E-state index in [0.717, 1.165) is 25.9 Å². The third-order valence-electron chi connectivity index (χ3n) is 4.69. The van der Waals surface area contributed by atoms with E-state index in [9.17, 15) is 13.9 Å². The lowest BCUT2D eigenvalue weighted by Gasteiger charge is -2.41. The van der Waals surface area contributed by atoms with Crippen LogP contribution in [0.1, 0.15) is 56.8 Å². The Labute approximate surface area is 125 Å². The molecule has 0 bridgehead atoms. The van der Waals surface area contributed by atoms with Crippen LogP contribution in [0, 0.1) is 18.6 Å². The third-order valence-corrected chi connectivity index (χ3v) is 4.69. The highest BCUT2D eigenvalue weighted by Crippen LogP contribution is 2.34. The van der Waals surface area contributed by atoms with Gasteiger partial charge in [0, 0.05) is 11.1 Å². The Morgan fingerprint density at radius 3 is 2.19 bits per heavy atom. The lowest BCUT2D eigenvalue weighted by molar-refractivity contribution is -0.0121. The van der Waals surface area contributed by atoms with Crippen LogP contribution in [0.2, 0.25) is 0 Å². The first kappa shape index (κ1) is 16.4. The maximum Gasteiger partial charge on any atom is 0.164 e. The van der Waals surface area contributed by atoms with Crippen molar-refractivity contribution in [3.8, 4) is 0 Å². The van der Waals surface area contributed by atoms with Gasteiger partial charge < -0.3 is 5.11 Å². The van der Waals surface area contributed by atoms with Crippen LogP contribution in [0.25, 0.3) is 0 Å². The zero-order valence-corrected chi connectivity index (χ0v) is 13.1. The van der Waals surface area contributed by atoms with E-state index >= 15 is 0 Å². The first-order valence-corrected chi connectivity index (χ1v) is 7.73. The van der Waals surface area contributed by atoms with Gasteiger partial charge in [-0.2, -0.15) is 0 Å². The monoisotopic (exact) mass is 297 g/mol. The molecule has 0 aliphatic carbocycles. The highest BCUT2D eigenvalue weighted by atomic mass is 19.2. The maximum atomic E-state index is 14.1. The third kappa shape index (κ3) is 3.27. The smallest absolute Gasteiger partial charge is 0.164 e. The number of aryl methyl sites for hydroxylation is 1. The van der Waals surface area contributed by atoms with E-state index in [0.29, 0.717) is 0 Å². The number of hydrogen-bond acceptors (Lipinski definition) is 2. The van der Waals surface area contributed by atoms with Crippen molar-refractivity contribution < 1.29 is 13.9 Å². The molecule has 1 aromatic rings. The standard InChI is InChI=1S/C17H25F2NO/c1-12-8-9-13(15(19)14(12)18)16(21)17(2,3)20-10-6-4-5-7-11-20/h8-9,16,21H,4-7,10-11H2,1-3H3. The molecule has 0 radical (unpaired) electrons. The van der Waals surface area contributed by atoms with E-state index in [1.54, 1.807) is 0 Å². The average molecular weight is 297 g/mol. The van der Waals surface area contributed by atoms with Crippen molar-refractivity contribution in [3.05, 3.63) is 34.9 Å². The molecule has 1 fully saturated rings. The van der Waals surface area contributed by atoms with Crippen LogP contribution >= 0.6 is 0 Å². The Bertz CT molecular complexity index is 494. The maximum absolute atomic E-state index is 14.1. The highest BCUT2D eigenvalue weighted by Gasteiger charge is 2.37. The molecule has 1 aromatic carbocycles. The van der Waals surface area contributed by atoms with Gasteiger partial charge in [-0.15, -0.1) is 0 Å².